The summed E-state index contributed by atoms with van der Waals surface area (Å²) in [5.41, 5.74) is 0.996. The zero-order valence-electron chi connectivity index (χ0n) is 16.1. The van der Waals surface area contributed by atoms with E-state index < -0.39 is 0 Å². The Balaban J connectivity index is 1.79. The first-order chi connectivity index (χ1) is 13.1. The number of aromatic nitrogens is 2. The highest BCUT2D eigenvalue weighted by atomic mass is 35.5. The summed E-state index contributed by atoms with van der Waals surface area (Å²) in [6.07, 6.45) is 10.8. The molecule has 1 aromatic heterocycles. The van der Waals surface area contributed by atoms with E-state index in [4.69, 9.17) is 11.6 Å². The normalized spacial score (nSPS) is 15.8. The zero-order valence-corrected chi connectivity index (χ0v) is 17.7. The van der Waals surface area contributed by atoms with Gasteiger partial charge < -0.3 is 5.32 Å². The Bertz CT molecular complexity index is 771. The topological polar surface area (TPSA) is 46.9 Å². The third kappa shape index (κ3) is 5.29. The van der Waals surface area contributed by atoms with Crippen LogP contribution in [0.5, 0.6) is 0 Å². The van der Waals surface area contributed by atoms with E-state index in [9.17, 15) is 4.79 Å². The quantitative estimate of drug-likeness (QED) is 0.550. The smallest absolute Gasteiger partial charge is 0.233 e. The number of thioether (sulfide) groups is 1. The van der Waals surface area contributed by atoms with Gasteiger partial charge in [-0.15, -0.1) is 11.8 Å². The molecule has 2 aromatic rings. The van der Waals surface area contributed by atoms with E-state index >= 15 is 0 Å². The lowest BCUT2D eigenvalue weighted by Crippen LogP contribution is -2.23. The maximum Gasteiger partial charge on any atom is 0.233 e. The number of hydrogen-bond acceptors (Lipinski definition) is 3. The SMILES string of the molecule is CCCn1ccc(NC(=O)C(CC2CCCC2)c2ccc(SC)c(Cl)c2)n1. The molecule has 0 aliphatic heterocycles. The fourth-order valence-electron chi connectivity index (χ4n) is 3.87. The Morgan fingerprint density at radius 3 is 2.81 bits per heavy atom. The van der Waals surface area contributed by atoms with Crippen molar-refractivity contribution < 1.29 is 4.79 Å². The summed E-state index contributed by atoms with van der Waals surface area (Å²) in [6, 6.07) is 7.89. The molecule has 1 N–H and O–H groups in total. The van der Waals surface area contributed by atoms with E-state index in [-0.39, 0.29) is 11.8 Å². The van der Waals surface area contributed by atoms with E-state index in [0.717, 1.165) is 34.9 Å². The van der Waals surface area contributed by atoms with Crippen molar-refractivity contribution in [1.29, 1.82) is 0 Å². The van der Waals surface area contributed by atoms with Gasteiger partial charge in [-0.2, -0.15) is 5.10 Å². The standard InChI is InChI=1S/C21H28ClN3OS/c1-3-11-25-12-10-20(24-25)23-21(26)17(13-15-6-4-5-7-15)16-8-9-19(27-2)18(22)14-16/h8-10,12,14-15,17H,3-7,11,13H2,1-2H3,(H,23,24,26). The maximum absolute atomic E-state index is 13.1. The molecule has 0 spiro atoms. The van der Waals surface area contributed by atoms with Crippen molar-refractivity contribution in [2.75, 3.05) is 11.6 Å². The van der Waals surface area contributed by atoms with E-state index in [0.29, 0.717) is 11.7 Å². The number of carbonyl (C=O) groups excluding carboxylic acids is 1. The Labute approximate surface area is 171 Å². The molecule has 1 fully saturated rings. The summed E-state index contributed by atoms with van der Waals surface area (Å²) in [5, 5.41) is 8.19. The first-order valence-corrected chi connectivity index (χ1v) is 11.4. The van der Waals surface area contributed by atoms with Gasteiger partial charge in [-0.3, -0.25) is 9.48 Å². The van der Waals surface area contributed by atoms with Crippen LogP contribution in [0.2, 0.25) is 5.02 Å². The summed E-state index contributed by atoms with van der Waals surface area (Å²) in [5.74, 6) is 1.04. The number of anilines is 1. The van der Waals surface area contributed by atoms with Gasteiger partial charge in [0.15, 0.2) is 5.82 Å². The summed E-state index contributed by atoms with van der Waals surface area (Å²) in [6.45, 7) is 2.96. The molecule has 1 heterocycles. The van der Waals surface area contributed by atoms with Crippen LogP contribution >= 0.6 is 23.4 Å². The zero-order chi connectivity index (χ0) is 19.2. The van der Waals surface area contributed by atoms with Crippen LogP contribution in [-0.4, -0.2) is 21.9 Å². The van der Waals surface area contributed by atoms with Gasteiger partial charge in [-0.05, 0) is 42.7 Å². The maximum atomic E-state index is 13.1. The molecule has 1 amide bonds. The largest absolute Gasteiger partial charge is 0.309 e. The number of rotatable bonds is 8. The van der Waals surface area contributed by atoms with E-state index in [1.165, 1.54) is 25.7 Å². The molecule has 1 aliphatic carbocycles. The van der Waals surface area contributed by atoms with Gasteiger partial charge in [-0.25, -0.2) is 0 Å². The van der Waals surface area contributed by atoms with Gasteiger partial charge >= 0.3 is 0 Å². The van der Waals surface area contributed by atoms with Crippen molar-refractivity contribution in [3.8, 4) is 0 Å². The molecule has 4 nitrogen and oxygen atoms in total. The Morgan fingerprint density at radius 2 is 2.15 bits per heavy atom. The average Bonchev–Trinajstić information content (AvgIpc) is 3.32. The van der Waals surface area contributed by atoms with Gasteiger partial charge in [-0.1, -0.05) is 50.3 Å². The Morgan fingerprint density at radius 1 is 1.37 bits per heavy atom. The fraction of sp³-hybridized carbons (Fsp3) is 0.524. The summed E-state index contributed by atoms with van der Waals surface area (Å²) >= 11 is 8.05. The summed E-state index contributed by atoms with van der Waals surface area (Å²) in [7, 11) is 0. The predicted molar refractivity (Wildman–Crippen MR) is 114 cm³/mol. The minimum atomic E-state index is -0.196. The van der Waals surface area contributed by atoms with Crippen molar-refractivity contribution in [1.82, 2.24) is 9.78 Å². The highest BCUT2D eigenvalue weighted by molar-refractivity contribution is 7.98. The first-order valence-electron chi connectivity index (χ1n) is 9.78. The monoisotopic (exact) mass is 405 g/mol. The molecule has 0 radical (unpaired) electrons. The van der Waals surface area contributed by atoms with Gasteiger partial charge in [0.25, 0.3) is 0 Å². The van der Waals surface area contributed by atoms with E-state index in [2.05, 4.69) is 17.3 Å². The second-order valence-corrected chi connectivity index (χ2v) is 8.54. The van der Waals surface area contributed by atoms with Crippen molar-refractivity contribution >= 4 is 35.1 Å². The highest BCUT2D eigenvalue weighted by Gasteiger charge is 2.27. The number of nitrogens with zero attached hydrogens (tertiary/aromatic N) is 2. The summed E-state index contributed by atoms with van der Waals surface area (Å²) in [4.78, 5) is 14.2. The Kier molecular flexibility index (Phi) is 7.25. The second-order valence-electron chi connectivity index (χ2n) is 7.29. The third-order valence-corrected chi connectivity index (χ3v) is 6.50. The van der Waals surface area contributed by atoms with Gasteiger partial charge in [0, 0.05) is 23.7 Å². The number of benzene rings is 1. The van der Waals surface area contributed by atoms with Crippen molar-refractivity contribution in [3.05, 3.63) is 41.0 Å². The number of halogens is 1. The molecule has 146 valence electrons. The first kappa shape index (κ1) is 20.3. The van der Waals surface area contributed by atoms with E-state index in [1.54, 1.807) is 11.8 Å². The molecule has 1 atom stereocenters. The van der Waals surface area contributed by atoms with Crippen LogP contribution in [0.1, 0.15) is 56.9 Å². The molecular weight excluding hydrogens is 378 g/mol. The van der Waals surface area contributed by atoms with Crippen LogP contribution in [0.25, 0.3) is 0 Å². The van der Waals surface area contributed by atoms with Gasteiger partial charge in [0.2, 0.25) is 5.91 Å². The lowest BCUT2D eigenvalue weighted by Gasteiger charge is -2.21. The molecule has 1 aliphatic rings. The molecular formula is C21H28ClN3OS. The number of hydrogen-bond donors (Lipinski definition) is 1. The van der Waals surface area contributed by atoms with Crippen LogP contribution in [0.15, 0.2) is 35.4 Å². The molecule has 27 heavy (non-hydrogen) atoms. The number of nitrogens with one attached hydrogen (secondary N) is 1. The molecule has 3 rings (SSSR count). The van der Waals surface area contributed by atoms with E-state index in [1.807, 2.05) is 41.4 Å². The predicted octanol–water partition coefficient (Wildman–Crippen LogP) is 5.97. The van der Waals surface area contributed by atoms with Crippen LogP contribution in [-0.2, 0) is 11.3 Å². The lowest BCUT2D eigenvalue weighted by molar-refractivity contribution is -0.118. The number of amides is 1. The lowest BCUT2D eigenvalue weighted by atomic mass is 9.87. The van der Waals surface area contributed by atoms with Crippen LogP contribution in [0, 0.1) is 5.92 Å². The minimum Gasteiger partial charge on any atom is -0.309 e. The Hall–Kier alpha value is -1.46. The summed E-state index contributed by atoms with van der Waals surface area (Å²) < 4.78 is 1.87. The number of aryl methyl sites for hydroxylation is 1. The molecule has 0 bridgehead atoms. The third-order valence-electron chi connectivity index (χ3n) is 5.28. The molecule has 0 saturated heterocycles. The van der Waals surface area contributed by atoms with Crippen molar-refractivity contribution in [2.45, 2.75) is 62.8 Å². The minimum absolute atomic E-state index is 0.0108. The molecule has 1 aromatic carbocycles. The molecule has 1 saturated carbocycles. The average molecular weight is 406 g/mol. The van der Waals surface area contributed by atoms with Crippen molar-refractivity contribution in [2.24, 2.45) is 5.92 Å². The van der Waals surface area contributed by atoms with Crippen LogP contribution < -0.4 is 5.32 Å². The second kappa shape index (κ2) is 9.65. The molecule has 6 heteroatoms. The van der Waals surface area contributed by atoms with Gasteiger partial charge in [0.05, 0.1) is 10.9 Å². The van der Waals surface area contributed by atoms with Gasteiger partial charge in [0.1, 0.15) is 0 Å². The van der Waals surface area contributed by atoms with Crippen LogP contribution in [0.4, 0.5) is 5.82 Å². The van der Waals surface area contributed by atoms with Crippen molar-refractivity contribution in [3.63, 3.8) is 0 Å². The fourth-order valence-corrected chi connectivity index (χ4v) is 4.75. The van der Waals surface area contributed by atoms with Crippen LogP contribution in [0.3, 0.4) is 0 Å². The molecule has 1 unspecified atom stereocenters. The highest BCUT2D eigenvalue weighted by Crippen LogP contribution is 2.37. The number of carbonyl (C=O) groups is 1.